The second-order valence-corrected chi connectivity index (χ2v) is 5.89. The number of aromatic nitrogens is 1. The van der Waals surface area contributed by atoms with Crippen LogP contribution >= 0.6 is 0 Å². The molecule has 1 amide bonds. The number of hydrogen-bond donors (Lipinski definition) is 5. The van der Waals surface area contributed by atoms with E-state index in [2.05, 4.69) is 21.0 Å². The van der Waals surface area contributed by atoms with Crippen molar-refractivity contribution in [3.05, 3.63) is 17.8 Å². The Kier molecular flexibility index (Phi) is 6.07. The van der Waals surface area contributed by atoms with E-state index in [9.17, 15) is 14.3 Å². The lowest BCUT2D eigenvalue weighted by atomic mass is 10.0. The number of rotatable bonds is 7. The van der Waals surface area contributed by atoms with Gasteiger partial charge < -0.3 is 21.2 Å². The number of anilines is 2. The first-order chi connectivity index (χ1) is 10.1. The van der Waals surface area contributed by atoms with Gasteiger partial charge in [-0.05, 0) is 27.7 Å². The highest BCUT2D eigenvalue weighted by Crippen LogP contribution is 2.19. The molecule has 0 radical (unpaired) electrons. The number of carbonyl (C=O) groups excluding carboxylic acids is 1. The molecule has 1 rings (SSSR count). The van der Waals surface area contributed by atoms with Crippen LogP contribution in [0.3, 0.4) is 0 Å². The normalized spacial score (nSPS) is 12.9. The molecular weight excluding hydrogens is 289 g/mol. The summed E-state index contributed by atoms with van der Waals surface area (Å²) < 4.78 is 13.7. The maximum atomic E-state index is 13.7. The second kappa shape index (κ2) is 7.37. The van der Waals surface area contributed by atoms with Crippen LogP contribution in [-0.4, -0.2) is 40.4 Å². The van der Waals surface area contributed by atoms with Crippen LogP contribution in [0, 0.1) is 0 Å². The third-order valence-corrected chi connectivity index (χ3v) is 2.95. The molecule has 0 fully saturated rings. The maximum absolute atomic E-state index is 13.7. The average molecular weight is 313 g/mol. The van der Waals surface area contributed by atoms with Crippen LogP contribution in [0.25, 0.3) is 0 Å². The van der Waals surface area contributed by atoms with Crippen molar-refractivity contribution in [1.29, 1.82) is 0 Å². The molecule has 1 aromatic heterocycles. The Morgan fingerprint density at radius 1 is 1.50 bits per heavy atom. The molecule has 1 heterocycles. The average Bonchev–Trinajstić information content (AvgIpc) is 2.42. The van der Waals surface area contributed by atoms with Crippen molar-refractivity contribution in [2.45, 2.75) is 45.5 Å². The number of pyridine rings is 1. The van der Waals surface area contributed by atoms with Gasteiger partial charge in [-0.15, -0.1) is 0 Å². The maximum Gasteiger partial charge on any atom is 0.255 e. The molecule has 0 saturated carbocycles. The number of aliphatic hydroxyl groups is 1. The zero-order valence-corrected chi connectivity index (χ0v) is 13.3. The molecule has 0 spiro atoms. The lowest BCUT2D eigenvalue weighted by Crippen LogP contribution is -2.42. The summed E-state index contributed by atoms with van der Waals surface area (Å²) in [5.41, 5.74) is 1.69. The van der Waals surface area contributed by atoms with Gasteiger partial charge in [0.2, 0.25) is 0 Å². The highest BCUT2D eigenvalue weighted by molar-refractivity contribution is 5.99. The fraction of sp³-hybridized carbons (Fsp3) is 0.571. The molecule has 0 aliphatic carbocycles. The smallest absolute Gasteiger partial charge is 0.255 e. The Morgan fingerprint density at radius 2 is 2.14 bits per heavy atom. The van der Waals surface area contributed by atoms with Gasteiger partial charge in [0.05, 0.1) is 23.4 Å². The van der Waals surface area contributed by atoms with Crippen LogP contribution in [0.4, 0.5) is 15.9 Å². The van der Waals surface area contributed by atoms with Gasteiger partial charge in [0, 0.05) is 18.3 Å². The zero-order chi connectivity index (χ0) is 16.9. The molecule has 0 unspecified atom stereocenters. The van der Waals surface area contributed by atoms with E-state index in [0.29, 0.717) is 11.5 Å². The Morgan fingerprint density at radius 3 is 2.64 bits per heavy atom. The lowest BCUT2D eigenvalue weighted by Gasteiger charge is -2.23. The quantitative estimate of drug-likeness (QED) is 0.380. The zero-order valence-electron chi connectivity index (χ0n) is 13.3. The second-order valence-electron chi connectivity index (χ2n) is 5.89. The van der Waals surface area contributed by atoms with Crippen molar-refractivity contribution in [3.63, 3.8) is 0 Å². The molecule has 22 heavy (non-hydrogen) atoms. The Labute approximate surface area is 129 Å². The number of carbonyl (C=O) groups is 1. The van der Waals surface area contributed by atoms with Crippen molar-refractivity contribution >= 4 is 17.4 Å². The Hall–Kier alpha value is -1.93. The van der Waals surface area contributed by atoms with Gasteiger partial charge >= 0.3 is 0 Å². The first-order valence-corrected chi connectivity index (χ1v) is 7.03. The summed E-state index contributed by atoms with van der Waals surface area (Å²) in [6.07, 6.45) is -0.220. The van der Waals surface area contributed by atoms with Gasteiger partial charge in [-0.3, -0.25) is 4.79 Å². The highest BCUT2D eigenvalue weighted by Gasteiger charge is 2.27. The Bertz CT molecular complexity index is 516. The fourth-order valence-electron chi connectivity index (χ4n) is 1.67. The number of nitrogens with zero attached hydrogens (tertiary/aromatic N) is 1. The molecule has 0 bridgehead atoms. The number of halogens is 1. The third-order valence-electron chi connectivity index (χ3n) is 2.95. The van der Waals surface area contributed by atoms with Crippen molar-refractivity contribution in [2.24, 2.45) is 5.84 Å². The van der Waals surface area contributed by atoms with E-state index in [0.717, 1.165) is 0 Å². The molecular formula is C14H24FN5O2. The monoisotopic (exact) mass is 313 g/mol. The number of nitrogen functional groups attached to an aromatic ring is 1. The largest absolute Gasteiger partial charge is 0.387 e. The molecule has 7 nitrogen and oxygen atoms in total. The summed E-state index contributed by atoms with van der Waals surface area (Å²) in [6, 6.07) is 1.68. The standard InChI is InChI=1S/C14H24FN5O2/c1-8(2)19-10-5-12(20-16)17-6-9(10)13(21)18-7-11(15)14(3,4)22/h5-6,8,11,22H,7,16H2,1-4H3,(H,18,21)(H2,17,19,20)/t11-/m1/s1. The summed E-state index contributed by atoms with van der Waals surface area (Å²) >= 11 is 0. The summed E-state index contributed by atoms with van der Waals surface area (Å²) in [7, 11) is 0. The van der Waals surface area contributed by atoms with Crippen LogP contribution < -0.4 is 21.9 Å². The van der Waals surface area contributed by atoms with Gasteiger partial charge in [0.15, 0.2) is 0 Å². The molecule has 0 aliphatic heterocycles. The molecule has 0 aliphatic rings. The molecule has 124 valence electrons. The molecule has 1 atom stereocenters. The van der Waals surface area contributed by atoms with Crippen LogP contribution in [0.5, 0.6) is 0 Å². The van der Waals surface area contributed by atoms with Gasteiger partial charge in [-0.1, -0.05) is 0 Å². The lowest BCUT2D eigenvalue weighted by molar-refractivity contribution is -0.00177. The van der Waals surface area contributed by atoms with Crippen molar-refractivity contribution < 1.29 is 14.3 Å². The topological polar surface area (TPSA) is 112 Å². The van der Waals surface area contributed by atoms with Crippen molar-refractivity contribution in [2.75, 3.05) is 17.3 Å². The first kappa shape index (κ1) is 18.1. The van der Waals surface area contributed by atoms with Crippen LogP contribution in [0.1, 0.15) is 38.1 Å². The number of hydrazine groups is 1. The summed E-state index contributed by atoms with van der Waals surface area (Å²) in [4.78, 5) is 16.2. The third kappa shape index (κ3) is 5.12. The van der Waals surface area contributed by atoms with E-state index in [1.54, 1.807) is 6.07 Å². The van der Waals surface area contributed by atoms with Crippen LogP contribution in [0.15, 0.2) is 12.3 Å². The highest BCUT2D eigenvalue weighted by atomic mass is 19.1. The molecule has 8 heteroatoms. The minimum absolute atomic E-state index is 0.0878. The minimum Gasteiger partial charge on any atom is -0.387 e. The van der Waals surface area contributed by atoms with E-state index in [1.165, 1.54) is 20.0 Å². The SMILES string of the molecule is CC(C)Nc1cc(NN)ncc1C(=O)NC[C@@H](F)C(C)(C)O. The summed E-state index contributed by atoms with van der Waals surface area (Å²) in [5, 5.41) is 15.1. The predicted molar refractivity (Wildman–Crippen MR) is 84.3 cm³/mol. The van der Waals surface area contributed by atoms with Crippen LogP contribution in [0.2, 0.25) is 0 Å². The molecule has 0 saturated heterocycles. The summed E-state index contributed by atoms with van der Waals surface area (Å²) in [6.45, 7) is 6.24. The van der Waals surface area contributed by atoms with Crippen molar-refractivity contribution in [1.82, 2.24) is 10.3 Å². The van der Waals surface area contributed by atoms with Gasteiger partial charge in [0.1, 0.15) is 12.0 Å². The number of nitrogens with two attached hydrogens (primary N) is 1. The van der Waals surface area contributed by atoms with E-state index in [4.69, 9.17) is 5.84 Å². The summed E-state index contributed by atoms with van der Waals surface area (Å²) in [5.74, 6) is 5.23. The Balaban J connectivity index is 2.88. The minimum atomic E-state index is -1.57. The van der Waals surface area contributed by atoms with E-state index >= 15 is 0 Å². The van der Waals surface area contributed by atoms with Crippen molar-refractivity contribution in [3.8, 4) is 0 Å². The van der Waals surface area contributed by atoms with E-state index < -0.39 is 17.7 Å². The van der Waals surface area contributed by atoms with Gasteiger partial charge in [-0.2, -0.15) is 0 Å². The molecule has 1 aromatic rings. The number of alkyl halides is 1. The number of hydrogen-bond acceptors (Lipinski definition) is 6. The number of amides is 1. The number of nitrogens with one attached hydrogen (secondary N) is 3. The fourth-order valence-corrected chi connectivity index (χ4v) is 1.67. The van der Waals surface area contributed by atoms with Gasteiger partial charge in [-0.25, -0.2) is 15.2 Å². The van der Waals surface area contributed by atoms with E-state index in [1.807, 2.05) is 13.8 Å². The van der Waals surface area contributed by atoms with Gasteiger partial charge in [0.25, 0.3) is 5.91 Å². The van der Waals surface area contributed by atoms with E-state index in [-0.39, 0.29) is 18.2 Å². The molecule has 6 N–H and O–H groups in total. The predicted octanol–water partition coefficient (Wildman–Crippen LogP) is 1.03. The first-order valence-electron chi connectivity index (χ1n) is 7.03. The molecule has 0 aromatic carbocycles. The van der Waals surface area contributed by atoms with Crippen LogP contribution in [-0.2, 0) is 0 Å².